The molecule has 0 saturated carbocycles. The second kappa shape index (κ2) is 7.81. The maximum atomic E-state index is 11.7. The Hall–Kier alpha value is -0.430. The highest BCUT2D eigenvalue weighted by atomic mass is 32.2. The second-order valence-corrected chi connectivity index (χ2v) is 6.59. The van der Waals surface area contributed by atoms with E-state index in [-0.39, 0.29) is 0 Å². The predicted octanol–water partition coefficient (Wildman–Crippen LogP) is 2.23. The van der Waals surface area contributed by atoms with Crippen molar-refractivity contribution in [3.05, 3.63) is 17.5 Å². The fraction of sp³-hybridized carbons (Fsp3) is 0.636. The van der Waals surface area contributed by atoms with Crippen LogP contribution in [0.25, 0.3) is 0 Å². The van der Waals surface area contributed by atoms with Crippen molar-refractivity contribution in [1.82, 2.24) is 4.72 Å². The number of ether oxygens (including phenoxy) is 1. The van der Waals surface area contributed by atoms with Crippen LogP contribution in [0.4, 0.5) is 0 Å². The van der Waals surface area contributed by atoms with E-state index in [1.54, 1.807) is 17.5 Å². The molecule has 0 aliphatic rings. The minimum Gasteiger partial charge on any atom is -0.381 e. The van der Waals surface area contributed by atoms with Crippen molar-refractivity contribution in [2.24, 2.45) is 0 Å². The van der Waals surface area contributed by atoms with Crippen molar-refractivity contribution < 1.29 is 13.2 Å². The van der Waals surface area contributed by atoms with Gasteiger partial charge < -0.3 is 4.74 Å². The molecule has 0 atom stereocenters. The zero-order valence-electron chi connectivity index (χ0n) is 10.0. The Balaban J connectivity index is 2.14. The molecule has 0 aromatic carbocycles. The van der Waals surface area contributed by atoms with Gasteiger partial charge >= 0.3 is 0 Å². The average molecular weight is 277 g/mol. The first-order chi connectivity index (χ1) is 8.17. The lowest BCUT2D eigenvalue weighted by Crippen LogP contribution is -2.24. The highest BCUT2D eigenvalue weighted by molar-refractivity contribution is 7.91. The third-order valence-corrected chi connectivity index (χ3v) is 5.02. The third-order valence-electron chi connectivity index (χ3n) is 2.16. The molecule has 1 rings (SSSR count). The van der Waals surface area contributed by atoms with Crippen LogP contribution in [0.1, 0.15) is 26.2 Å². The Morgan fingerprint density at radius 1 is 1.35 bits per heavy atom. The number of hydrogen-bond donors (Lipinski definition) is 1. The maximum Gasteiger partial charge on any atom is 0.250 e. The van der Waals surface area contributed by atoms with Gasteiger partial charge in [-0.1, -0.05) is 19.4 Å². The van der Waals surface area contributed by atoms with E-state index in [9.17, 15) is 8.42 Å². The van der Waals surface area contributed by atoms with Gasteiger partial charge in [0.1, 0.15) is 4.21 Å². The molecule has 0 saturated heterocycles. The molecule has 4 nitrogen and oxygen atoms in total. The van der Waals surface area contributed by atoms with Crippen LogP contribution in [0, 0.1) is 0 Å². The van der Waals surface area contributed by atoms with E-state index in [0.29, 0.717) is 23.8 Å². The zero-order valence-corrected chi connectivity index (χ0v) is 11.6. The van der Waals surface area contributed by atoms with Gasteiger partial charge in [0.15, 0.2) is 0 Å². The van der Waals surface area contributed by atoms with Crippen LogP contribution in [-0.2, 0) is 14.8 Å². The molecule has 98 valence electrons. The maximum absolute atomic E-state index is 11.7. The topological polar surface area (TPSA) is 55.4 Å². The van der Waals surface area contributed by atoms with Crippen molar-refractivity contribution in [1.29, 1.82) is 0 Å². The van der Waals surface area contributed by atoms with E-state index < -0.39 is 10.0 Å². The van der Waals surface area contributed by atoms with Gasteiger partial charge in [0.05, 0.1) is 0 Å². The van der Waals surface area contributed by atoms with Gasteiger partial charge in [-0.2, -0.15) is 0 Å². The number of rotatable bonds is 9. The SMILES string of the molecule is CCCCOCCCNS(=O)(=O)c1cccs1. The Kier molecular flexibility index (Phi) is 6.72. The van der Waals surface area contributed by atoms with Crippen LogP contribution >= 0.6 is 11.3 Å². The molecule has 1 heterocycles. The van der Waals surface area contributed by atoms with Crippen molar-refractivity contribution in [2.75, 3.05) is 19.8 Å². The normalized spacial score (nSPS) is 11.8. The summed E-state index contributed by atoms with van der Waals surface area (Å²) >= 11 is 1.22. The molecule has 0 amide bonds. The smallest absolute Gasteiger partial charge is 0.250 e. The highest BCUT2D eigenvalue weighted by Crippen LogP contribution is 2.14. The number of hydrogen-bond acceptors (Lipinski definition) is 4. The van der Waals surface area contributed by atoms with Crippen LogP contribution in [-0.4, -0.2) is 28.2 Å². The first kappa shape index (κ1) is 14.6. The summed E-state index contributed by atoms with van der Waals surface area (Å²) in [4.78, 5) is 0. The van der Waals surface area contributed by atoms with Crippen LogP contribution in [0.15, 0.2) is 21.7 Å². The van der Waals surface area contributed by atoms with E-state index in [2.05, 4.69) is 11.6 Å². The standard InChI is InChI=1S/C11H19NO3S2/c1-2-3-8-15-9-5-7-12-17(13,14)11-6-4-10-16-11/h4,6,10,12H,2-3,5,7-9H2,1H3. The summed E-state index contributed by atoms with van der Waals surface area (Å²) in [6, 6.07) is 3.33. The Morgan fingerprint density at radius 2 is 2.12 bits per heavy atom. The summed E-state index contributed by atoms with van der Waals surface area (Å²) in [5.41, 5.74) is 0. The van der Waals surface area contributed by atoms with Gasteiger partial charge in [-0.05, 0) is 24.3 Å². The summed E-state index contributed by atoms with van der Waals surface area (Å²) in [5, 5.41) is 1.75. The molecule has 0 unspecified atom stereocenters. The van der Waals surface area contributed by atoms with Gasteiger partial charge in [0, 0.05) is 19.8 Å². The van der Waals surface area contributed by atoms with Crippen LogP contribution < -0.4 is 4.72 Å². The van der Waals surface area contributed by atoms with E-state index in [1.807, 2.05) is 0 Å². The van der Waals surface area contributed by atoms with Crippen molar-refractivity contribution in [3.8, 4) is 0 Å². The molecule has 6 heteroatoms. The molecule has 0 aliphatic carbocycles. The molecule has 17 heavy (non-hydrogen) atoms. The molecular weight excluding hydrogens is 258 g/mol. The molecule has 1 aromatic rings. The zero-order chi connectivity index (χ0) is 12.6. The molecule has 0 bridgehead atoms. The Bertz CT molecular complexity index is 387. The van der Waals surface area contributed by atoms with Gasteiger partial charge in [-0.3, -0.25) is 0 Å². The number of thiophene rings is 1. The molecular formula is C11H19NO3S2. The quantitative estimate of drug-likeness (QED) is 0.704. The minimum absolute atomic E-state index is 0.365. The fourth-order valence-corrected chi connectivity index (χ4v) is 3.33. The minimum atomic E-state index is -3.30. The first-order valence-electron chi connectivity index (χ1n) is 5.77. The summed E-state index contributed by atoms with van der Waals surface area (Å²) in [7, 11) is -3.30. The summed E-state index contributed by atoms with van der Waals surface area (Å²) in [6.45, 7) is 3.89. The molecule has 0 fully saturated rings. The number of sulfonamides is 1. The lowest BCUT2D eigenvalue weighted by atomic mass is 10.4. The molecule has 0 spiro atoms. The highest BCUT2D eigenvalue weighted by Gasteiger charge is 2.13. The van der Waals surface area contributed by atoms with Crippen LogP contribution in [0.5, 0.6) is 0 Å². The fourth-order valence-electron chi connectivity index (χ4n) is 1.22. The Labute approximate surface area is 107 Å². The van der Waals surface area contributed by atoms with Crippen LogP contribution in [0.2, 0.25) is 0 Å². The van der Waals surface area contributed by atoms with Crippen molar-refractivity contribution >= 4 is 21.4 Å². The van der Waals surface area contributed by atoms with Crippen molar-refractivity contribution in [3.63, 3.8) is 0 Å². The molecule has 0 aliphatic heterocycles. The van der Waals surface area contributed by atoms with E-state index in [0.717, 1.165) is 19.4 Å². The van der Waals surface area contributed by atoms with E-state index >= 15 is 0 Å². The van der Waals surface area contributed by atoms with Gasteiger partial charge in [-0.25, -0.2) is 13.1 Å². The second-order valence-electron chi connectivity index (χ2n) is 3.65. The van der Waals surface area contributed by atoms with E-state index in [1.165, 1.54) is 11.3 Å². The monoisotopic (exact) mass is 277 g/mol. The van der Waals surface area contributed by atoms with Crippen molar-refractivity contribution in [2.45, 2.75) is 30.4 Å². The third kappa shape index (κ3) is 5.63. The summed E-state index contributed by atoms with van der Waals surface area (Å²) in [5.74, 6) is 0. The first-order valence-corrected chi connectivity index (χ1v) is 8.14. The Morgan fingerprint density at radius 3 is 2.76 bits per heavy atom. The lowest BCUT2D eigenvalue weighted by Gasteiger charge is -2.05. The number of unbranched alkanes of at least 4 members (excludes halogenated alkanes) is 1. The predicted molar refractivity (Wildman–Crippen MR) is 69.9 cm³/mol. The van der Waals surface area contributed by atoms with Gasteiger partial charge in [-0.15, -0.1) is 11.3 Å². The van der Waals surface area contributed by atoms with Gasteiger partial charge in [0.25, 0.3) is 0 Å². The summed E-state index contributed by atoms with van der Waals surface area (Å²) in [6.07, 6.45) is 2.88. The molecule has 0 radical (unpaired) electrons. The molecule has 1 aromatic heterocycles. The lowest BCUT2D eigenvalue weighted by molar-refractivity contribution is 0.130. The largest absolute Gasteiger partial charge is 0.381 e. The summed E-state index contributed by atoms with van der Waals surface area (Å²) < 4.78 is 31.6. The van der Waals surface area contributed by atoms with E-state index in [4.69, 9.17) is 4.74 Å². The van der Waals surface area contributed by atoms with Gasteiger partial charge in [0.2, 0.25) is 10.0 Å². The molecule has 1 N–H and O–H groups in total. The number of nitrogens with one attached hydrogen (secondary N) is 1. The average Bonchev–Trinajstić information content (AvgIpc) is 2.82. The van der Waals surface area contributed by atoms with Crippen LogP contribution in [0.3, 0.4) is 0 Å².